The monoisotopic (exact) mass is 226 g/mol. The van der Waals surface area contributed by atoms with Crippen molar-refractivity contribution in [2.75, 3.05) is 0 Å². The minimum atomic E-state index is -1.50. The molecule has 2 rings (SSSR count). The molecule has 0 bridgehead atoms. The fourth-order valence-electron chi connectivity index (χ4n) is 3.20. The van der Waals surface area contributed by atoms with E-state index in [4.69, 9.17) is 4.43 Å². The lowest BCUT2D eigenvalue weighted by molar-refractivity contribution is -0.129. The summed E-state index contributed by atoms with van der Waals surface area (Å²) in [5, 5.41) is 0. The van der Waals surface area contributed by atoms with Gasteiger partial charge in [-0.05, 0) is 51.7 Å². The molecule has 0 saturated heterocycles. The van der Waals surface area contributed by atoms with Gasteiger partial charge in [-0.15, -0.1) is 0 Å². The van der Waals surface area contributed by atoms with Gasteiger partial charge < -0.3 is 4.43 Å². The molecule has 1 spiro atoms. The van der Waals surface area contributed by atoms with Crippen molar-refractivity contribution in [2.45, 2.75) is 64.3 Å². The van der Waals surface area contributed by atoms with Crippen molar-refractivity contribution in [1.82, 2.24) is 0 Å². The second-order valence-electron chi connectivity index (χ2n) is 6.04. The van der Waals surface area contributed by atoms with Gasteiger partial charge in [0.05, 0.1) is 11.5 Å². The highest BCUT2D eigenvalue weighted by molar-refractivity contribution is 6.69. The zero-order valence-electron chi connectivity index (χ0n) is 10.1. The minimum Gasteiger partial charge on any atom is -0.414 e. The number of Topliss-reactive ketones (excluding diaryl/α,β-unsaturated/α-hetero) is 1. The zero-order valence-corrected chi connectivity index (χ0v) is 11.1. The van der Waals surface area contributed by atoms with E-state index in [9.17, 15) is 4.79 Å². The smallest absolute Gasteiger partial charge is 0.184 e. The van der Waals surface area contributed by atoms with Crippen molar-refractivity contribution < 1.29 is 9.22 Å². The Balaban J connectivity index is 2.14. The Bertz CT molecular complexity index is 265. The molecule has 0 unspecified atom stereocenters. The summed E-state index contributed by atoms with van der Waals surface area (Å²) in [6.45, 7) is 6.66. The number of rotatable bonds is 2. The van der Waals surface area contributed by atoms with Crippen LogP contribution in [0.5, 0.6) is 0 Å². The quantitative estimate of drug-likeness (QED) is 0.676. The largest absolute Gasteiger partial charge is 0.414 e. The molecular weight excluding hydrogens is 204 g/mol. The highest BCUT2D eigenvalue weighted by Gasteiger charge is 2.52. The van der Waals surface area contributed by atoms with E-state index in [1.165, 1.54) is 6.42 Å². The van der Waals surface area contributed by atoms with Crippen LogP contribution in [0.4, 0.5) is 0 Å². The lowest BCUT2D eigenvalue weighted by Gasteiger charge is -2.34. The normalized spacial score (nSPS) is 36.7. The number of hydrogen-bond donors (Lipinski definition) is 0. The summed E-state index contributed by atoms with van der Waals surface area (Å²) in [6, 6.07) is 0. The molecule has 2 aliphatic rings. The van der Waals surface area contributed by atoms with Crippen LogP contribution in [-0.4, -0.2) is 20.2 Å². The zero-order chi connectivity index (χ0) is 11.1. The van der Waals surface area contributed by atoms with E-state index in [1.807, 2.05) is 0 Å². The third kappa shape index (κ3) is 2.04. The molecule has 0 aromatic heterocycles. The first kappa shape index (κ1) is 11.3. The molecule has 2 atom stereocenters. The van der Waals surface area contributed by atoms with Gasteiger partial charge in [-0.3, -0.25) is 4.79 Å². The van der Waals surface area contributed by atoms with Crippen molar-refractivity contribution in [3.63, 3.8) is 0 Å². The van der Waals surface area contributed by atoms with E-state index in [0.717, 1.165) is 32.1 Å². The predicted molar refractivity (Wildman–Crippen MR) is 63.4 cm³/mol. The number of carbonyl (C=O) groups is 1. The molecule has 0 aliphatic heterocycles. The SMILES string of the molecule is C[Si](C)(C)O[C@@H]1CCC[C@@]12CCCC2=O. The van der Waals surface area contributed by atoms with E-state index in [0.29, 0.717) is 5.78 Å². The molecule has 0 heterocycles. The van der Waals surface area contributed by atoms with E-state index in [2.05, 4.69) is 19.6 Å². The van der Waals surface area contributed by atoms with Crippen LogP contribution in [0.2, 0.25) is 19.6 Å². The predicted octanol–water partition coefficient (Wildman–Crippen LogP) is 3.13. The molecule has 2 saturated carbocycles. The first-order valence-electron chi connectivity index (χ1n) is 6.15. The fraction of sp³-hybridized carbons (Fsp3) is 0.917. The van der Waals surface area contributed by atoms with Gasteiger partial charge in [0.2, 0.25) is 0 Å². The molecule has 3 heteroatoms. The molecule has 0 radical (unpaired) electrons. The average molecular weight is 226 g/mol. The third-order valence-electron chi connectivity index (χ3n) is 3.78. The first-order chi connectivity index (χ1) is 6.94. The van der Waals surface area contributed by atoms with E-state index in [-0.39, 0.29) is 11.5 Å². The molecule has 0 aromatic rings. The summed E-state index contributed by atoms with van der Waals surface area (Å²) in [5.74, 6) is 0.489. The molecule has 0 N–H and O–H groups in total. The Morgan fingerprint density at radius 3 is 2.47 bits per heavy atom. The van der Waals surface area contributed by atoms with Crippen LogP contribution in [0, 0.1) is 5.41 Å². The van der Waals surface area contributed by atoms with Crippen molar-refractivity contribution in [2.24, 2.45) is 5.41 Å². The van der Waals surface area contributed by atoms with E-state index < -0.39 is 8.32 Å². The van der Waals surface area contributed by atoms with E-state index >= 15 is 0 Å². The highest BCUT2D eigenvalue weighted by Crippen LogP contribution is 2.50. The molecule has 2 aliphatic carbocycles. The van der Waals surface area contributed by atoms with Crippen LogP contribution in [0.25, 0.3) is 0 Å². The van der Waals surface area contributed by atoms with Gasteiger partial charge in [0, 0.05) is 6.42 Å². The minimum absolute atomic E-state index is 0.0553. The summed E-state index contributed by atoms with van der Waals surface area (Å²) in [7, 11) is -1.50. The molecular formula is C12H22O2Si. The Morgan fingerprint density at radius 1 is 1.27 bits per heavy atom. The summed E-state index contributed by atoms with van der Waals surface area (Å²) in [5.41, 5.74) is -0.0553. The van der Waals surface area contributed by atoms with Gasteiger partial charge in [0.15, 0.2) is 8.32 Å². The Hall–Kier alpha value is -0.153. The standard InChI is InChI=1S/C12H22O2Si/c1-15(2,3)14-11-7-5-9-12(11)8-4-6-10(12)13/h11H,4-9H2,1-3H3/t11-,12-/m1/s1. The van der Waals surface area contributed by atoms with Crippen molar-refractivity contribution in [3.05, 3.63) is 0 Å². The summed E-state index contributed by atoms with van der Waals surface area (Å²) in [6.07, 6.45) is 6.59. The second-order valence-corrected chi connectivity index (χ2v) is 10.5. The summed E-state index contributed by atoms with van der Waals surface area (Å²) in [4.78, 5) is 12.0. The van der Waals surface area contributed by atoms with Gasteiger partial charge in [0.1, 0.15) is 5.78 Å². The summed E-state index contributed by atoms with van der Waals surface area (Å²) < 4.78 is 6.22. The van der Waals surface area contributed by atoms with Crippen molar-refractivity contribution in [1.29, 1.82) is 0 Å². The molecule has 0 aromatic carbocycles. The molecule has 86 valence electrons. The highest BCUT2D eigenvalue weighted by atomic mass is 28.4. The number of hydrogen-bond acceptors (Lipinski definition) is 2. The van der Waals surface area contributed by atoms with Crippen LogP contribution in [-0.2, 0) is 9.22 Å². The second kappa shape index (κ2) is 3.70. The van der Waals surface area contributed by atoms with Crippen LogP contribution in [0.3, 0.4) is 0 Å². The Labute approximate surface area is 93.5 Å². The lowest BCUT2D eigenvalue weighted by atomic mass is 9.81. The molecule has 15 heavy (non-hydrogen) atoms. The van der Waals surface area contributed by atoms with Crippen LogP contribution < -0.4 is 0 Å². The third-order valence-corrected chi connectivity index (χ3v) is 4.78. The van der Waals surface area contributed by atoms with Gasteiger partial charge in [-0.2, -0.15) is 0 Å². The molecule has 0 amide bonds. The lowest BCUT2D eigenvalue weighted by Crippen LogP contribution is -2.42. The molecule has 2 fully saturated rings. The van der Waals surface area contributed by atoms with Crippen LogP contribution >= 0.6 is 0 Å². The van der Waals surface area contributed by atoms with Gasteiger partial charge >= 0.3 is 0 Å². The van der Waals surface area contributed by atoms with Gasteiger partial charge in [-0.1, -0.05) is 0 Å². The maximum absolute atomic E-state index is 12.0. The molecule has 2 nitrogen and oxygen atoms in total. The fourth-order valence-corrected chi connectivity index (χ4v) is 4.39. The van der Waals surface area contributed by atoms with Crippen LogP contribution in [0.1, 0.15) is 38.5 Å². The van der Waals surface area contributed by atoms with E-state index in [1.54, 1.807) is 0 Å². The van der Waals surface area contributed by atoms with Gasteiger partial charge in [-0.25, -0.2) is 0 Å². The number of carbonyl (C=O) groups excluding carboxylic acids is 1. The van der Waals surface area contributed by atoms with Crippen molar-refractivity contribution >= 4 is 14.1 Å². The Morgan fingerprint density at radius 2 is 1.93 bits per heavy atom. The van der Waals surface area contributed by atoms with Crippen molar-refractivity contribution in [3.8, 4) is 0 Å². The summed E-state index contributed by atoms with van der Waals surface area (Å²) >= 11 is 0. The van der Waals surface area contributed by atoms with Crippen LogP contribution in [0.15, 0.2) is 0 Å². The average Bonchev–Trinajstić information content (AvgIpc) is 2.62. The Kier molecular flexibility index (Phi) is 2.80. The first-order valence-corrected chi connectivity index (χ1v) is 9.56. The maximum Gasteiger partial charge on any atom is 0.184 e. The van der Waals surface area contributed by atoms with Gasteiger partial charge in [0.25, 0.3) is 0 Å². The topological polar surface area (TPSA) is 26.3 Å². The maximum atomic E-state index is 12.0. The number of ketones is 1.